The summed E-state index contributed by atoms with van der Waals surface area (Å²) in [6.45, 7) is 2.77. The zero-order valence-electron chi connectivity index (χ0n) is 18.0. The highest BCUT2D eigenvalue weighted by Crippen LogP contribution is 2.42. The highest BCUT2D eigenvalue weighted by molar-refractivity contribution is 7.97. The summed E-state index contributed by atoms with van der Waals surface area (Å²) in [5, 5.41) is 0. The Morgan fingerprint density at radius 1 is 1.00 bits per heavy atom. The van der Waals surface area contributed by atoms with Gasteiger partial charge in [0.1, 0.15) is 23.1 Å². The van der Waals surface area contributed by atoms with Gasteiger partial charge in [-0.25, -0.2) is 9.98 Å². The molecule has 2 aromatic carbocycles. The van der Waals surface area contributed by atoms with Crippen LogP contribution < -0.4 is 31.6 Å². The molecular weight excluding hydrogens is 440 g/mol. The van der Waals surface area contributed by atoms with E-state index < -0.39 is 0 Å². The normalized spacial score (nSPS) is 15.2. The van der Waals surface area contributed by atoms with Crippen LogP contribution in [0.3, 0.4) is 0 Å². The monoisotopic (exact) mass is 464 g/mol. The van der Waals surface area contributed by atoms with Crippen LogP contribution in [0.25, 0.3) is 11.3 Å². The van der Waals surface area contributed by atoms with E-state index >= 15 is 0 Å². The molecule has 0 amide bonds. The molecule has 1 aromatic heterocycles. The van der Waals surface area contributed by atoms with Crippen LogP contribution in [0.1, 0.15) is 5.56 Å². The molecule has 2 aliphatic rings. The average Bonchev–Trinajstić information content (AvgIpc) is 2.94. The zero-order chi connectivity index (χ0) is 22.9. The predicted molar refractivity (Wildman–Crippen MR) is 131 cm³/mol. The number of nitrogens with one attached hydrogen (secondary N) is 1. The topological polar surface area (TPSA) is 150 Å². The summed E-state index contributed by atoms with van der Waals surface area (Å²) < 4.78 is 14.7. The number of nitrogens with two attached hydrogens (primary N) is 3. The molecule has 3 heterocycles. The van der Waals surface area contributed by atoms with E-state index in [1.807, 2.05) is 37.4 Å². The van der Waals surface area contributed by atoms with Gasteiger partial charge in [0.15, 0.2) is 5.75 Å². The smallest absolute Gasteiger partial charge is 0.222 e. The van der Waals surface area contributed by atoms with Gasteiger partial charge < -0.3 is 31.6 Å². The van der Waals surface area contributed by atoms with E-state index in [-0.39, 0.29) is 11.8 Å². The van der Waals surface area contributed by atoms with Crippen molar-refractivity contribution >= 4 is 40.9 Å². The molecule has 11 heteroatoms. The van der Waals surface area contributed by atoms with Gasteiger partial charge >= 0.3 is 0 Å². The number of nitrogens with zero attached hydrogens (tertiary/aromatic N) is 4. The Labute approximate surface area is 195 Å². The Morgan fingerprint density at radius 2 is 1.82 bits per heavy atom. The van der Waals surface area contributed by atoms with E-state index in [1.165, 1.54) is 11.9 Å². The van der Waals surface area contributed by atoms with Crippen LogP contribution in [-0.2, 0) is 4.74 Å². The second-order valence-electron chi connectivity index (χ2n) is 7.54. The van der Waals surface area contributed by atoms with Crippen molar-refractivity contribution in [1.29, 1.82) is 0 Å². The summed E-state index contributed by atoms with van der Waals surface area (Å²) in [7, 11) is 1.85. The number of fused-ring (bicyclic) bond motifs is 2. The number of aromatic nitrogens is 2. The largest absolute Gasteiger partial charge is 0.454 e. The second-order valence-corrected chi connectivity index (χ2v) is 8.63. The molecule has 33 heavy (non-hydrogen) atoms. The quantitative estimate of drug-likeness (QED) is 0.335. The Kier molecular flexibility index (Phi) is 5.67. The molecule has 10 nitrogen and oxygen atoms in total. The van der Waals surface area contributed by atoms with Crippen molar-refractivity contribution in [3.63, 3.8) is 0 Å². The number of amidine groups is 1. The lowest BCUT2D eigenvalue weighted by molar-refractivity contribution is 0.122. The van der Waals surface area contributed by atoms with E-state index in [4.69, 9.17) is 26.7 Å². The minimum absolute atomic E-state index is 0.185. The first-order valence-electron chi connectivity index (χ1n) is 10.4. The molecule has 0 radical (unpaired) electrons. The lowest BCUT2D eigenvalue weighted by Crippen LogP contribution is -2.36. The van der Waals surface area contributed by atoms with Crippen LogP contribution >= 0.6 is 11.9 Å². The number of rotatable bonds is 4. The van der Waals surface area contributed by atoms with Crippen LogP contribution in [0.2, 0.25) is 0 Å². The molecule has 0 aliphatic carbocycles. The van der Waals surface area contributed by atoms with Gasteiger partial charge in [0.2, 0.25) is 5.95 Å². The van der Waals surface area contributed by atoms with Gasteiger partial charge in [-0.05, 0) is 49.3 Å². The van der Waals surface area contributed by atoms with E-state index in [0.717, 1.165) is 29.4 Å². The third-order valence-electron chi connectivity index (χ3n) is 5.36. The molecule has 0 bridgehead atoms. The highest BCUT2D eigenvalue weighted by Gasteiger charge is 2.22. The second kappa shape index (κ2) is 8.77. The van der Waals surface area contributed by atoms with Crippen molar-refractivity contribution in [2.45, 2.75) is 4.90 Å². The number of morpholine rings is 1. The Bertz CT molecular complexity index is 1240. The first kappa shape index (κ1) is 21.3. The van der Waals surface area contributed by atoms with Crippen LogP contribution in [0, 0.1) is 0 Å². The van der Waals surface area contributed by atoms with Crippen molar-refractivity contribution in [2.75, 3.05) is 49.7 Å². The van der Waals surface area contributed by atoms with Gasteiger partial charge in [-0.1, -0.05) is 0 Å². The summed E-state index contributed by atoms with van der Waals surface area (Å²) in [5.41, 5.74) is 21.8. The van der Waals surface area contributed by atoms with E-state index in [0.29, 0.717) is 47.3 Å². The molecule has 0 unspecified atom stereocenters. The number of hydrogen-bond acceptors (Lipinski definition) is 11. The number of aliphatic imine (C=N–C) groups is 1. The number of anilines is 3. The molecule has 170 valence electrons. The standard InChI is InChI=1S/C22H24N8O2S/c1-26-33-13-2-3-17-16(10-13)27-21(24)20-14(23)8-12(9-18(20)32-17)15-11-19(29-22(25)28-15)30-4-6-31-7-5-30/h2-3,8-11,26H,4-7,23H2,1H3,(H2,24,27)(H2,25,28,29). The number of benzene rings is 2. The maximum absolute atomic E-state index is 6.41. The summed E-state index contributed by atoms with van der Waals surface area (Å²) in [6.07, 6.45) is 0. The van der Waals surface area contributed by atoms with Crippen LogP contribution in [0.15, 0.2) is 46.3 Å². The number of nitrogen functional groups attached to an aromatic ring is 2. The molecule has 0 spiro atoms. The van der Waals surface area contributed by atoms with Crippen molar-refractivity contribution in [2.24, 2.45) is 10.7 Å². The van der Waals surface area contributed by atoms with Crippen molar-refractivity contribution in [1.82, 2.24) is 14.7 Å². The van der Waals surface area contributed by atoms with E-state index in [9.17, 15) is 0 Å². The summed E-state index contributed by atoms with van der Waals surface area (Å²) >= 11 is 1.48. The highest BCUT2D eigenvalue weighted by atomic mass is 32.2. The SMILES string of the molecule is CNSc1ccc2c(c1)N=C(N)c1c(N)cc(-c3cc(N4CCOCC4)nc(N)n3)cc1O2. The third-order valence-corrected chi connectivity index (χ3v) is 6.05. The Hall–Kier alpha value is -3.54. The number of hydrogen-bond donors (Lipinski definition) is 4. The molecule has 0 atom stereocenters. The molecular formula is C22H24N8O2S. The fraction of sp³-hybridized carbons (Fsp3) is 0.227. The molecule has 1 saturated heterocycles. The van der Waals surface area contributed by atoms with Gasteiger partial charge in [-0.2, -0.15) is 4.98 Å². The molecule has 5 rings (SSSR count). The minimum atomic E-state index is 0.185. The lowest BCUT2D eigenvalue weighted by atomic mass is 10.0. The Balaban J connectivity index is 1.56. The maximum atomic E-state index is 6.41. The average molecular weight is 465 g/mol. The molecule has 3 aromatic rings. The zero-order valence-corrected chi connectivity index (χ0v) is 18.9. The Morgan fingerprint density at radius 3 is 2.61 bits per heavy atom. The van der Waals surface area contributed by atoms with Crippen LogP contribution in [0.5, 0.6) is 11.5 Å². The lowest BCUT2D eigenvalue weighted by Gasteiger charge is -2.28. The first-order chi connectivity index (χ1) is 16.0. The third kappa shape index (κ3) is 4.25. The first-order valence-corrected chi connectivity index (χ1v) is 11.2. The molecule has 7 N–H and O–H groups in total. The van der Waals surface area contributed by atoms with Gasteiger partial charge in [0.25, 0.3) is 0 Å². The summed E-state index contributed by atoms with van der Waals surface area (Å²) in [6, 6.07) is 11.3. The van der Waals surface area contributed by atoms with E-state index in [1.54, 1.807) is 6.07 Å². The fourth-order valence-corrected chi connectivity index (χ4v) is 4.39. The summed E-state index contributed by atoms with van der Waals surface area (Å²) in [4.78, 5) is 16.5. The van der Waals surface area contributed by atoms with E-state index in [2.05, 4.69) is 24.6 Å². The summed E-state index contributed by atoms with van der Waals surface area (Å²) in [5.74, 6) is 2.31. The predicted octanol–water partition coefficient (Wildman–Crippen LogP) is 2.51. The van der Waals surface area contributed by atoms with Crippen molar-refractivity contribution in [3.05, 3.63) is 42.0 Å². The van der Waals surface area contributed by atoms with Crippen LogP contribution in [-0.4, -0.2) is 49.2 Å². The van der Waals surface area contributed by atoms with Gasteiger partial charge in [0.05, 0.1) is 24.5 Å². The van der Waals surface area contributed by atoms with Gasteiger partial charge in [-0.3, -0.25) is 4.72 Å². The minimum Gasteiger partial charge on any atom is -0.454 e. The van der Waals surface area contributed by atoms with Gasteiger partial charge in [-0.15, -0.1) is 0 Å². The van der Waals surface area contributed by atoms with Crippen molar-refractivity contribution in [3.8, 4) is 22.8 Å². The maximum Gasteiger partial charge on any atom is 0.222 e. The molecule has 2 aliphatic heterocycles. The number of ether oxygens (including phenoxy) is 2. The van der Waals surface area contributed by atoms with Crippen molar-refractivity contribution < 1.29 is 9.47 Å². The van der Waals surface area contributed by atoms with Crippen LogP contribution in [0.4, 0.5) is 23.1 Å². The van der Waals surface area contributed by atoms with Gasteiger partial charge in [0, 0.05) is 35.3 Å². The molecule has 0 saturated carbocycles. The fourth-order valence-electron chi connectivity index (χ4n) is 3.85. The molecule has 1 fully saturated rings.